The SMILES string of the molecule is NC1CCN(c2ccccc2C(=O)NCCN2CCOCC2)CC1. The molecule has 6 heteroatoms. The molecule has 1 aromatic rings. The number of hydrogen-bond acceptors (Lipinski definition) is 5. The third-order valence-corrected chi connectivity index (χ3v) is 4.85. The molecule has 0 unspecified atom stereocenters. The van der Waals surface area contributed by atoms with Crippen molar-refractivity contribution < 1.29 is 9.53 Å². The van der Waals surface area contributed by atoms with Crippen LogP contribution in [0.5, 0.6) is 0 Å². The van der Waals surface area contributed by atoms with Gasteiger partial charge in [0.1, 0.15) is 0 Å². The fourth-order valence-corrected chi connectivity index (χ4v) is 3.33. The molecule has 0 aromatic heterocycles. The number of nitrogens with zero attached hydrogens (tertiary/aromatic N) is 2. The van der Waals surface area contributed by atoms with E-state index in [1.165, 1.54) is 0 Å². The van der Waals surface area contributed by atoms with Gasteiger partial charge in [0.15, 0.2) is 0 Å². The Hall–Kier alpha value is -1.63. The molecule has 2 saturated heterocycles. The van der Waals surface area contributed by atoms with E-state index in [1.54, 1.807) is 0 Å². The van der Waals surface area contributed by atoms with Crippen LogP contribution in [0, 0.1) is 0 Å². The zero-order chi connectivity index (χ0) is 16.8. The number of hydrogen-bond donors (Lipinski definition) is 2. The number of morpholine rings is 1. The van der Waals surface area contributed by atoms with Crippen LogP contribution < -0.4 is 16.0 Å². The van der Waals surface area contributed by atoms with E-state index in [1.807, 2.05) is 24.3 Å². The molecule has 2 fully saturated rings. The van der Waals surface area contributed by atoms with Gasteiger partial charge in [-0.1, -0.05) is 12.1 Å². The lowest BCUT2D eigenvalue weighted by molar-refractivity contribution is 0.0383. The fourth-order valence-electron chi connectivity index (χ4n) is 3.33. The summed E-state index contributed by atoms with van der Waals surface area (Å²) < 4.78 is 5.34. The van der Waals surface area contributed by atoms with Gasteiger partial charge in [-0.15, -0.1) is 0 Å². The van der Waals surface area contributed by atoms with Crippen molar-refractivity contribution in [3.05, 3.63) is 29.8 Å². The van der Waals surface area contributed by atoms with Gasteiger partial charge in [0.25, 0.3) is 5.91 Å². The summed E-state index contributed by atoms with van der Waals surface area (Å²) in [7, 11) is 0. The maximum atomic E-state index is 12.6. The second-order valence-corrected chi connectivity index (χ2v) is 6.55. The Labute approximate surface area is 143 Å². The van der Waals surface area contributed by atoms with Crippen LogP contribution in [0.3, 0.4) is 0 Å². The number of nitrogens with one attached hydrogen (secondary N) is 1. The Bertz CT molecular complexity index is 538. The summed E-state index contributed by atoms with van der Waals surface area (Å²) in [5.41, 5.74) is 7.77. The molecule has 0 radical (unpaired) electrons. The van der Waals surface area contributed by atoms with Crippen LogP contribution >= 0.6 is 0 Å². The molecule has 2 heterocycles. The van der Waals surface area contributed by atoms with E-state index >= 15 is 0 Å². The molecule has 0 bridgehead atoms. The Kier molecular flexibility index (Phi) is 6.07. The molecule has 0 aliphatic carbocycles. The summed E-state index contributed by atoms with van der Waals surface area (Å²) in [6.45, 7) is 6.83. The second kappa shape index (κ2) is 8.46. The highest BCUT2D eigenvalue weighted by atomic mass is 16.5. The van der Waals surface area contributed by atoms with Crippen molar-refractivity contribution in [1.29, 1.82) is 0 Å². The van der Waals surface area contributed by atoms with Crippen LogP contribution in [0.1, 0.15) is 23.2 Å². The molecule has 132 valence electrons. The van der Waals surface area contributed by atoms with Crippen molar-refractivity contribution in [1.82, 2.24) is 10.2 Å². The first-order chi connectivity index (χ1) is 11.7. The fraction of sp³-hybridized carbons (Fsp3) is 0.611. The first-order valence-corrected chi connectivity index (χ1v) is 8.92. The number of para-hydroxylation sites is 1. The van der Waals surface area contributed by atoms with E-state index < -0.39 is 0 Å². The van der Waals surface area contributed by atoms with Gasteiger partial charge < -0.3 is 20.7 Å². The zero-order valence-electron chi connectivity index (χ0n) is 14.2. The maximum Gasteiger partial charge on any atom is 0.253 e. The first-order valence-electron chi connectivity index (χ1n) is 8.92. The molecule has 2 aliphatic rings. The third kappa shape index (κ3) is 4.47. The lowest BCUT2D eigenvalue weighted by atomic mass is 10.0. The van der Waals surface area contributed by atoms with Gasteiger partial charge in [-0.2, -0.15) is 0 Å². The molecular formula is C18H28N4O2. The number of carbonyl (C=O) groups excluding carboxylic acids is 1. The molecule has 0 spiro atoms. The lowest BCUT2D eigenvalue weighted by Crippen LogP contribution is -2.42. The Morgan fingerprint density at radius 1 is 1.17 bits per heavy atom. The number of ether oxygens (including phenoxy) is 1. The van der Waals surface area contributed by atoms with Gasteiger partial charge in [0, 0.05) is 51.0 Å². The maximum absolute atomic E-state index is 12.6. The first kappa shape index (κ1) is 17.2. The van der Waals surface area contributed by atoms with Crippen molar-refractivity contribution in [2.75, 3.05) is 57.4 Å². The number of anilines is 1. The van der Waals surface area contributed by atoms with Crippen molar-refractivity contribution in [2.24, 2.45) is 5.73 Å². The largest absolute Gasteiger partial charge is 0.379 e. The summed E-state index contributed by atoms with van der Waals surface area (Å²) >= 11 is 0. The summed E-state index contributed by atoms with van der Waals surface area (Å²) in [5.74, 6) is 0.00808. The smallest absolute Gasteiger partial charge is 0.253 e. The molecule has 3 N–H and O–H groups in total. The third-order valence-electron chi connectivity index (χ3n) is 4.85. The van der Waals surface area contributed by atoms with Gasteiger partial charge in [-0.05, 0) is 25.0 Å². The average Bonchev–Trinajstić information content (AvgIpc) is 2.63. The zero-order valence-corrected chi connectivity index (χ0v) is 14.2. The van der Waals surface area contributed by atoms with Crippen LogP contribution in [0.15, 0.2) is 24.3 Å². The number of rotatable bonds is 5. The molecule has 0 saturated carbocycles. The summed E-state index contributed by atoms with van der Waals surface area (Å²) in [5, 5.41) is 3.06. The molecule has 3 rings (SSSR count). The number of benzene rings is 1. The standard InChI is InChI=1S/C18H28N4O2/c19-15-5-8-22(9-6-15)17-4-2-1-3-16(17)18(23)20-7-10-21-11-13-24-14-12-21/h1-4,15H,5-14,19H2,(H,20,23). The molecule has 0 atom stereocenters. The second-order valence-electron chi connectivity index (χ2n) is 6.55. The molecule has 1 amide bonds. The molecule has 6 nitrogen and oxygen atoms in total. The van der Waals surface area contributed by atoms with Crippen molar-refractivity contribution in [2.45, 2.75) is 18.9 Å². The van der Waals surface area contributed by atoms with E-state index in [2.05, 4.69) is 15.1 Å². The van der Waals surface area contributed by atoms with Gasteiger partial charge in [-0.3, -0.25) is 9.69 Å². The minimum absolute atomic E-state index is 0.00808. The molecule has 2 aliphatic heterocycles. The Balaban J connectivity index is 1.56. The van der Waals surface area contributed by atoms with E-state index in [9.17, 15) is 4.79 Å². The highest BCUT2D eigenvalue weighted by molar-refractivity contribution is 5.99. The average molecular weight is 332 g/mol. The van der Waals surface area contributed by atoms with Gasteiger partial charge in [-0.25, -0.2) is 0 Å². The lowest BCUT2D eigenvalue weighted by Gasteiger charge is -2.33. The summed E-state index contributed by atoms with van der Waals surface area (Å²) in [6.07, 6.45) is 1.96. The predicted molar refractivity (Wildman–Crippen MR) is 95.5 cm³/mol. The minimum atomic E-state index is 0.00808. The van der Waals surface area contributed by atoms with Gasteiger partial charge in [0.2, 0.25) is 0 Å². The van der Waals surface area contributed by atoms with Crippen molar-refractivity contribution >= 4 is 11.6 Å². The number of nitrogens with two attached hydrogens (primary N) is 1. The highest BCUT2D eigenvalue weighted by Gasteiger charge is 2.21. The molecule has 24 heavy (non-hydrogen) atoms. The molecule has 1 aromatic carbocycles. The number of amides is 1. The Morgan fingerprint density at radius 3 is 2.62 bits per heavy atom. The summed E-state index contributed by atoms with van der Waals surface area (Å²) in [6, 6.07) is 8.15. The van der Waals surface area contributed by atoms with E-state index in [0.717, 1.165) is 70.0 Å². The highest BCUT2D eigenvalue weighted by Crippen LogP contribution is 2.23. The van der Waals surface area contributed by atoms with Crippen LogP contribution in [-0.2, 0) is 4.74 Å². The predicted octanol–water partition coefficient (Wildman–Crippen LogP) is 0.676. The van der Waals surface area contributed by atoms with Gasteiger partial charge >= 0.3 is 0 Å². The van der Waals surface area contributed by atoms with Crippen molar-refractivity contribution in [3.8, 4) is 0 Å². The Morgan fingerprint density at radius 2 is 1.88 bits per heavy atom. The quantitative estimate of drug-likeness (QED) is 0.830. The van der Waals surface area contributed by atoms with E-state index in [-0.39, 0.29) is 11.9 Å². The normalized spacial score (nSPS) is 20.1. The van der Waals surface area contributed by atoms with E-state index in [0.29, 0.717) is 6.54 Å². The number of piperidine rings is 1. The van der Waals surface area contributed by atoms with Gasteiger partial charge in [0.05, 0.1) is 18.8 Å². The van der Waals surface area contributed by atoms with Crippen LogP contribution in [0.25, 0.3) is 0 Å². The topological polar surface area (TPSA) is 70.8 Å². The molecular weight excluding hydrogens is 304 g/mol. The monoisotopic (exact) mass is 332 g/mol. The minimum Gasteiger partial charge on any atom is -0.379 e. The van der Waals surface area contributed by atoms with Crippen molar-refractivity contribution in [3.63, 3.8) is 0 Å². The van der Waals surface area contributed by atoms with Crippen LogP contribution in [-0.4, -0.2) is 69.3 Å². The van der Waals surface area contributed by atoms with Crippen LogP contribution in [0.4, 0.5) is 5.69 Å². The van der Waals surface area contributed by atoms with Crippen LogP contribution in [0.2, 0.25) is 0 Å². The number of carbonyl (C=O) groups is 1. The van der Waals surface area contributed by atoms with E-state index in [4.69, 9.17) is 10.5 Å². The summed E-state index contributed by atoms with van der Waals surface area (Å²) in [4.78, 5) is 17.2.